The molecule has 3 rings (SSSR count). The first-order valence-corrected chi connectivity index (χ1v) is 13.4. The van der Waals surface area contributed by atoms with E-state index < -0.39 is 62.2 Å². The van der Waals surface area contributed by atoms with E-state index in [9.17, 15) is 33.8 Å². The van der Waals surface area contributed by atoms with Gasteiger partial charge in [0.25, 0.3) is 5.56 Å². The highest BCUT2D eigenvalue weighted by atomic mass is 35.5. The van der Waals surface area contributed by atoms with Crippen molar-refractivity contribution < 1.29 is 47.6 Å². The SMILES string of the molecule is CC1(Cl)C=CC(CCn2c(=O)ccn(C3=C(O)C(O)[C@@H](COP(=O)(O)OP(=O)(O)O)O3)c2=O)=CC1. The van der Waals surface area contributed by atoms with Crippen LogP contribution < -0.4 is 11.2 Å². The van der Waals surface area contributed by atoms with Gasteiger partial charge in [-0.1, -0.05) is 23.8 Å². The van der Waals surface area contributed by atoms with Gasteiger partial charge in [-0.2, -0.15) is 4.31 Å². The molecule has 0 amide bonds. The van der Waals surface area contributed by atoms with E-state index in [1.165, 1.54) is 0 Å². The third-order valence-corrected chi connectivity index (χ3v) is 7.48. The number of rotatable bonds is 9. The Morgan fingerprint density at radius 1 is 1.29 bits per heavy atom. The second kappa shape index (κ2) is 10.2. The first kappa shape index (κ1) is 27.6. The Labute approximate surface area is 202 Å². The van der Waals surface area contributed by atoms with Crippen LogP contribution in [0.25, 0.3) is 5.88 Å². The zero-order valence-corrected chi connectivity index (χ0v) is 20.7. The van der Waals surface area contributed by atoms with Gasteiger partial charge < -0.3 is 29.6 Å². The lowest BCUT2D eigenvalue weighted by Gasteiger charge is -2.20. The Morgan fingerprint density at radius 2 is 1.97 bits per heavy atom. The number of aliphatic hydroxyl groups excluding tert-OH is 2. The van der Waals surface area contributed by atoms with Gasteiger partial charge >= 0.3 is 21.3 Å². The van der Waals surface area contributed by atoms with Gasteiger partial charge in [-0.25, -0.2) is 18.5 Å². The van der Waals surface area contributed by atoms with E-state index in [1.54, 1.807) is 6.08 Å². The molecule has 0 saturated heterocycles. The standard InChI is InChI=1S/C18H23ClN2O12P2/c1-18(19)6-2-11(3-7-18)4-8-20-13(22)5-9-21(17(20)25)16-15(24)14(23)12(32-16)10-31-35(29,30)33-34(26,27)28/h2-3,5-6,9,12,14,23-24H,4,7-8,10H2,1H3,(H,29,30)(H2,26,27,28)/t12-,14?,18?/m1/s1. The number of nitrogens with zero attached hydrogens (tertiary/aromatic N) is 2. The summed E-state index contributed by atoms with van der Waals surface area (Å²) in [7, 11) is -10.6. The summed E-state index contributed by atoms with van der Waals surface area (Å²) in [5.74, 6) is -1.41. The highest BCUT2D eigenvalue weighted by Gasteiger charge is 2.40. The second-order valence-corrected chi connectivity index (χ2v) is 11.6. The van der Waals surface area contributed by atoms with E-state index in [0.717, 1.165) is 27.0 Å². The van der Waals surface area contributed by atoms with Crippen LogP contribution in [0.5, 0.6) is 0 Å². The van der Waals surface area contributed by atoms with Crippen LogP contribution in [0.3, 0.4) is 0 Å². The van der Waals surface area contributed by atoms with Crippen LogP contribution in [-0.4, -0.2) is 57.7 Å². The fraction of sp³-hybridized carbons (Fsp3) is 0.444. The number of ether oxygens (including phenoxy) is 1. The Kier molecular flexibility index (Phi) is 8.02. The maximum absolute atomic E-state index is 12.9. The highest BCUT2D eigenvalue weighted by Crippen LogP contribution is 2.57. The van der Waals surface area contributed by atoms with E-state index >= 15 is 0 Å². The van der Waals surface area contributed by atoms with Crippen LogP contribution >= 0.6 is 27.2 Å². The van der Waals surface area contributed by atoms with Crippen LogP contribution in [0.2, 0.25) is 0 Å². The number of phosphoric acid groups is 2. The molecule has 0 bridgehead atoms. The molecule has 3 unspecified atom stereocenters. The largest absolute Gasteiger partial charge is 0.505 e. The minimum absolute atomic E-state index is 0.00970. The topological polar surface area (TPSA) is 207 Å². The first-order valence-electron chi connectivity index (χ1n) is 10.0. The molecule has 1 aliphatic carbocycles. The molecule has 0 spiro atoms. The van der Waals surface area contributed by atoms with E-state index in [-0.39, 0.29) is 6.54 Å². The monoisotopic (exact) mass is 556 g/mol. The van der Waals surface area contributed by atoms with Gasteiger partial charge in [0.15, 0.2) is 18.0 Å². The Hall–Kier alpha value is -1.99. The molecule has 2 aliphatic rings. The molecule has 0 fully saturated rings. The number of halogens is 1. The number of aromatic nitrogens is 2. The molecule has 1 aromatic rings. The summed E-state index contributed by atoms with van der Waals surface area (Å²) in [5.41, 5.74) is -0.654. The van der Waals surface area contributed by atoms with Gasteiger partial charge in [-0.15, -0.1) is 11.6 Å². The predicted molar refractivity (Wildman–Crippen MR) is 121 cm³/mol. The highest BCUT2D eigenvalue weighted by molar-refractivity contribution is 7.60. The van der Waals surface area contributed by atoms with E-state index in [2.05, 4.69) is 8.83 Å². The minimum atomic E-state index is -5.37. The van der Waals surface area contributed by atoms with Gasteiger partial charge in [0.1, 0.15) is 0 Å². The molecule has 14 nitrogen and oxygen atoms in total. The van der Waals surface area contributed by atoms with E-state index in [4.69, 9.17) is 26.1 Å². The normalized spacial score (nSPS) is 26.4. The molecule has 35 heavy (non-hydrogen) atoms. The third-order valence-electron chi connectivity index (χ3n) is 5.05. The molecular formula is C18H23ClN2O12P2. The Bertz CT molecular complexity index is 1290. The number of hydrogen-bond donors (Lipinski definition) is 5. The smallest absolute Gasteiger partial charge is 0.481 e. The molecule has 0 radical (unpaired) electrons. The summed E-state index contributed by atoms with van der Waals surface area (Å²) in [6.07, 6.45) is 4.03. The van der Waals surface area contributed by atoms with Crippen molar-refractivity contribution in [2.45, 2.75) is 43.4 Å². The maximum atomic E-state index is 12.9. The van der Waals surface area contributed by atoms with Crippen molar-refractivity contribution in [1.82, 2.24) is 9.13 Å². The van der Waals surface area contributed by atoms with Gasteiger partial charge in [-0.3, -0.25) is 13.9 Å². The van der Waals surface area contributed by atoms with Gasteiger partial charge in [-0.05, 0) is 19.8 Å². The van der Waals surface area contributed by atoms with Crippen LogP contribution in [0.15, 0.2) is 51.4 Å². The van der Waals surface area contributed by atoms with Gasteiger partial charge in [0.2, 0.25) is 5.88 Å². The number of phosphoric ester groups is 1. The Morgan fingerprint density at radius 3 is 2.57 bits per heavy atom. The lowest BCUT2D eigenvalue weighted by molar-refractivity contribution is 0.0127. The maximum Gasteiger partial charge on any atom is 0.481 e. The van der Waals surface area contributed by atoms with Gasteiger partial charge in [0.05, 0.1) is 11.5 Å². The van der Waals surface area contributed by atoms with E-state index in [1.807, 2.05) is 19.1 Å². The van der Waals surface area contributed by atoms with Crippen molar-refractivity contribution >= 4 is 33.1 Å². The zero-order valence-electron chi connectivity index (χ0n) is 18.1. The van der Waals surface area contributed by atoms with Crippen molar-refractivity contribution in [2.75, 3.05) is 6.61 Å². The molecular weight excluding hydrogens is 534 g/mol. The summed E-state index contributed by atoms with van der Waals surface area (Å²) in [6, 6.07) is 1.04. The number of allylic oxidation sites excluding steroid dienone is 4. The first-order chi connectivity index (χ1) is 16.1. The summed E-state index contributed by atoms with van der Waals surface area (Å²) in [5, 5.41) is 20.4. The molecule has 5 N–H and O–H groups in total. The lowest BCUT2D eigenvalue weighted by atomic mass is 9.96. The molecule has 4 atom stereocenters. The summed E-state index contributed by atoms with van der Waals surface area (Å²) >= 11 is 6.23. The fourth-order valence-corrected chi connectivity index (χ4v) is 4.99. The second-order valence-electron chi connectivity index (χ2n) is 7.93. The molecule has 2 heterocycles. The summed E-state index contributed by atoms with van der Waals surface area (Å²) in [4.78, 5) is 51.3. The van der Waals surface area contributed by atoms with Crippen molar-refractivity contribution in [1.29, 1.82) is 0 Å². The Balaban J connectivity index is 1.75. The number of alkyl halides is 1. The van der Waals surface area contributed by atoms with Crippen molar-refractivity contribution in [3.63, 3.8) is 0 Å². The summed E-state index contributed by atoms with van der Waals surface area (Å²) < 4.78 is 37.3. The molecule has 0 saturated carbocycles. The van der Waals surface area contributed by atoms with Gasteiger partial charge in [0, 0.05) is 18.8 Å². The number of aliphatic hydroxyl groups is 2. The average molecular weight is 557 g/mol. The molecule has 0 aromatic carbocycles. The lowest BCUT2D eigenvalue weighted by Crippen LogP contribution is -2.39. The van der Waals surface area contributed by atoms with Crippen molar-refractivity contribution in [3.8, 4) is 0 Å². The van der Waals surface area contributed by atoms with Crippen molar-refractivity contribution in [3.05, 3.63) is 62.7 Å². The third kappa shape index (κ3) is 7.04. The van der Waals surface area contributed by atoms with Crippen molar-refractivity contribution in [2.24, 2.45) is 0 Å². The van der Waals surface area contributed by atoms with Crippen LogP contribution in [0.4, 0.5) is 0 Å². The van der Waals surface area contributed by atoms with Crippen LogP contribution in [0, 0.1) is 0 Å². The number of hydrogen-bond acceptors (Lipinski definition) is 9. The van der Waals surface area contributed by atoms with E-state index in [0.29, 0.717) is 12.8 Å². The molecule has 194 valence electrons. The predicted octanol–water partition coefficient (Wildman–Crippen LogP) is 0.954. The quantitative estimate of drug-likeness (QED) is 0.213. The minimum Gasteiger partial charge on any atom is -0.505 e. The average Bonchev–Trinajstić information content (AvgIpc) is 3.00. The molecule has 17 heteroatoms. The molecule has 1 aromatic heterocycles. The fourth-order valence-electron chi connectivity index (χ4n) is 3.25. The van der Waals surface area contributed by atoms with Crippen LogP contribution in [-0.2, 0) is 29.2 Å². The van der Waals surface area contributed by atoms with Crippen LogP contribution in [0.1, 0.15) is 19.8 Å². The molecule has 1 aliphatic heterocycles. The zero-order chi connectivity index (χ0) is 26.2. The summed E-state index contributed by atoms with van der Waals surface area (Å²) in [6.45, 7) is 0.873.